The molecule has 0 radical (unpaired) electrons. The molecule has 0 spiro atoms. The fraction of sp³-hybridized carbons (Fsp3) is 0.900. The first-order valence-electron chi connectivity index (χ1n) is 5.31. The summed E-state index contributed by atoms with van der Waals surface area (Å²) in [5, 5.41) is 0. The number of ether oxygens (including phenoxy) is 1. The number of nitrogens with two attached hydrogens (primary N) is 1. The van der Waals surface area contributed by atoms with Crippen LogP contribution in [0.15, 0.2) is 0 Å². The molecule has 0 aromatic heterocycles. The van der Waals surface area contributed by atoms with E-state index < -0.39 is 0 Å². The predicted molar refractivity (Wildman–Crippen MR) is 54.9 cm³/mol. The van der Waals surface area contributed by atoms with Crippen LogP contribution in [0.5, 0.6) is 0 Å². The van der Waals surface area contributed by atoms with Crippen LogP contribution in [0.25, 0.3) is 0 Å². The Morgan fingerprint density at radius 1 is 1.71 bits per heavy atom. The normalized spacial score (nSPS) is 25.6. The quantitative estimate of drug-likeness (QED) is 0.700. The van der Waals surface area contributed by atoms with Crippen molar-refractivity contribution in [2.75, 3.05) is 19.7 Å². The highest BCUT2D eigenvalue weighted by Crippen LogP contribution is 2.07. The van der Waals surface area contributed by atoms with Gasteiger partial charge in [0.1, 0.15) is 0 Å². The monoisotopic (exact) mass is 200 g/mol. The lowest BCUT2D eigenvalue weighted by atomic mass is 10.2. The van der Waals surface area contributed by atoms with Crippen LogP contribution in [0.1, 0.15) is 26.7 Å². The predicted octanol–water partition coefficient (Wildman–Crippen LogP) is 0.361. The number of carbonyl (C=O) groups excluding carboxylic acids is 1. The third kappa shape index (κ3) is 2.96. The molecule has 0 aromatic rings. The number of carbonyl (C=O) groups is 1. The molecule has 1 aliphatic heterocycles. The zero-order chi connectivity index (χ0) is 10.6. The van der Waals surface area contributed by atoms with Crippen LogP contribution < -0.4 is 5.73 Å². The number of hydrogen-bond acceptors (Lipinski definition) is 3. The molecule has 0 aliphatic carbocycles. The van der Waals surface area contributed by atoms with E-state index in [0.29, 0.717) is 13.0 Å². The lowest BCUT2D eigenvalue weighted by molar-refractivity contribution is -0.133. The molecule has 14 heavy (non-hydrogen) atoms. The third-order valence-electron chi connectivity index (χ3n) is 2.52. The van der Waals surface area contributed by atoms with E-state index in [2.05, 4.69) is 0 Å². The van der Waals surface area contributed by atoms with Crippen LogP contribution in [0, 0.1) is 0 Å². The topological polar surface area (TPSA) is 55.6 Å². The minimum atomic E-state index is -0.347. The van der Waals surface area contributed by atoms with Crippen molar-refractivity contribution in [2.45, 2.75) is 38.8 Å². The maximum absolute atomic E-state index is 11.8. The van der Waals surface area contributed by atoms with Gasteiger partial charge in [0.05, 0.1) is 12.1 Å². The van der Waals surface area contributed by atoms with Crippen molar-refractivity contribution in [1.82, 2.24) is 4.90 Å². The van der Waals surface area contributed by atoms with Crippen LogP contribution in [0.4, 0.5) is 0 Å². The molecule has 1 heterocycles. The molecule has 1 saturated heterocycles. The Morgan fingerprint density at radius 2 is 2.43 bits per heavy atom. The number of nitrogens with zero attached hydrogens (tertiary/aromatic N) is 1. The van der Waals surface area contributed by atoms with Crippen molar-refractivity contribution in [3.05, 3.63) is 0 Å². The van der Waals surface area contributed by atoms with Crippen molar-refractivity contribution in [3.8, 4) is 0 Å². The van der Waals surface area contributed by atoms with Crippen LogP contribution in [-0.4, -0.2) is 42.6 Å². The van der Waals surface area contributed by atoms with Crippen molar-refractivity contribution >= 4 is 5.91 Å². The van der Waals surface area contributed by atoms with Gasteiger partial charge in [0, 0.05) is 19.7 Å². The van der Waals surface area contributed by atoms with E-state index in [0.717, 1.165) is 19.6 Å². The Labute approximate surface area is 85.4 Å². The van der Waals surface area contributed by atoms with Gasteiger partial charge in [-0.05, 0) is 19.8 Å². The average molecular weight is 200 g/mol. The van der Waals surface area contributed by atoms with E-state index in [1.54, 1.807) is 0 Å². The van der Waals surface area contributed by atoms with Crippen LogP contribution in [-0.2, 0) is 9.53 Å². The largest absolute Gasteiger partial charge is 0.377 e. The molecular formula is C10H20N2O2. The van der Waals surface area contributed by atoms with Crippen LogP contribution in [0.3, 0.4) is 0 Å². The second-order valence-electron chi connectivity index (χ2n) is 3.83. The van der Waals surface area contributed by atoms with Crippen molar-refractivity contribution in [3.63, 3.8) is 0 Å². The van der Waals surface area contributed by atoms with Gasteiger partial charge in [-0.1, -0.05) is 6.92 Å². The summed E-state index contributed by atoms with van der Waals surface area (Å²) in [6.45, 7) is 6.11. The Kier molecular flexibility index (Phi) is 4.35. The number of amides is 1. The molecule has 2 unspecified atom stereocenters. The standard InChI is InChI=1S/C10H20N2O2/c1-3-9(11)10(13)12-5-4-6-14-8(2)7-12/h8-9H,3-7,11H2,1-2H3. The fourth-order valence-corrected chi connectivity index (χ4v) is 1.60. The zero-order valence-corrected chi connectivity index (χ0v) is 9.03. The molecule has 4 nitrogen and oxygen atoms in total. The van der Waals surface area contributed by atoms with E-state index in [1.807, 2.05) is 18.7 Å². The number of hydrogen-bond donors (Lipinski definition) is 1. The van der Waals surface area contributed by atoms with Gasteiger partial charge in [-0.25, -0.2) is 0 Å². The molecule has 2 N–H and O–H groups in total. The summed E-state index contributed by atoms with van der Waals surface area (Å²) in [6, 6.07) is -0.347. The van der Waals surface area contributed by atoms with Gasteiger partial charge in [-0.15, -0.1) is 0 Å². The first-order chi connectivity index (χ1) is 6.65. The fourth-order valence-electron chi connectivity index (χ4n) is 1.60. The second kappa shape index (κ2) is 5.32. The Balaban J connectivity index is 2.52. The van der Waals surface area contributed by atoms with Gasteiger partial charge < -0.3 is 15.4 Å². The highest BCUT2D eigenvalue weighted by molar-refractivity contribution is 5.81. The Morgan fingerprint density at radius 3 is 3.07 bits per heavy atom. The van der Waals surface area contributed by atoms with E-state index in [-0.39, 0.29) is 18.1 Å². The molecule has 2 atom stereocenters. The van der Waals surface area contributed by atoms with Gasteiger partial charge in [0.2, 0.25) is 5.91 Å². The molecule has 4 heteroatoms. The summed E-state index contributed by atoms with van der Waals surface area (Å²) in [5.41, 5.74) is 5.71. The molecule has 1 rings (SSSR count). The van der Waals surface area contributed by atoms with E-state index in [4.69, 9.17) is 10.5 Å². The van der Waals surface area contributed by atoms with Crippen molar-refractivity contribution in [2.24, 2.45) is 5.73 Å². The summed E-state index contributed by atoms with van der Waals surface area (Å²) in [7, 11) is 0. The first kappa shape index (κ1) is 11.5. The maximum Gasteiger partial charge on any atom is 0.239 e. The van der Waals surface area contributed by atoms with Crippen molar-refractivity contribution in [1.29, 1.82) is 0 Å². The van der Waals surface area contributed by atoms with E-state index >= 15 is 0 Å². The average Bonchev–Trinajstić information content (AvgIpc) is 2.40. The lowest BCUT2D eigenvalue weighted by Gasteiger charge is -2.24. The SMILES string of the molecule is CCC(N)C(=O)N1CCCOC(C)C1. The highest BCUT2D eigenvalue weighted by atomic mass is 16.5. The highest BCUT2D eigenvalue weighted by Gasteiger charge is 2.23. The summed E-state index contributed by atoms with van der Waals surface area (Å²) >= 11 is 0. The molecule has 1 fully saturated rings. The minimum absolute atomic E-state index is 0.0600. The Hall–Kier alpha value is -0.610. The molecule has 0 aromatic carbocycles. The van der Waals surface area contributed by atoms with Gasteiger partial charge in [-0.3, -0.25) is 4.79 Å². The van der Waals surface area contributed by atoms with Gasteiger partial charge in [0.25, 0.3) is 0 Å². The van der Waals surface area contributed by atoms with Crippen molar-refractivity contribution < 1.29 is 9.53 Å². The maximum atomic E-state index is 11.8. The molecule has 1 aliphatic rings. The summed E-state index contributed by atoms with van der Waals surface area (Å²) < 4.78 is 5.46. The second-order valence-corrected chi connectivity index (χ2v) is 3.83. The van der Waals surface area contributed by atoms with E-state index in [1.165, 1.54) is 0 Å². The molecule has 0 bridgehead atoms. The Bertz CT molecular complexity index is 197. The summed E-state index contributed by atoms with van der Waals surface area (Å²) in [5.74, 6) is 0.0600. The molecule has 0 saturated carbocycles. The summed E-state index contributed by atoms with van der Waals surface area (Å²) in [4.78, 5) is 13.6. The molecule has 82 valence electrons. The van der Waals surface area contributed by atoms with Gasteiger partial charge in [-0.2, -0.15) is 0 Å². The van der Waals surface area contributed by atoms with Crippen LogP contribution in [0.2, 0.25) is 0 Å². The van der Waals surface area contributed by atoms with Gasteiger partial charge in [0.15, 0.2) is 0 Å². The smallest absolute Gasteiger partial charge is 0.239 e. The third-order valence-corrected chi connectivity index (χ3v) is 2.52. The van der Waals surface area contributed by atoms with E-state index in [9.17, 15) is 4.79 Å². The minimum Gasteiger partial charge on any atom is -0.377 e. The van der Waals surface area contributed by atoms with Crippen LogP contribution >= 0.6 is 0 Å². The first-order valence-corrected chi connectivity index (χ1v) is 5.31. The molecule has 1 amide bonds. The number of rotatable bonds is 2. The lowest BCUT2D eigenvalue weighted by Crippen LogP contribution is -2.45. The molecular weight excluding hydrogens is 180 g/mol. The van der Waals surface area contributed by atoms with Gasteiger partial charge >= 0.3 is 0 Å². The summed E-state index contributed by atoms with van der Waals surface area (Å²) in [6.07, 6.45) is 1.74. The zero-order valence-electron chi connectivity index (χ0n) is 9.03.